The molecule has 2 rings (SSSR count). The molecule has 0 saturated carbocycles. The molecule has 0 spiro atoms. The molecule has 0 aliphatic carbocycles. The zero-order valence-electron chi connectivity index (χ0n) is 11.8. The predicted octanol–water partition coefficient (Wildman–Crippen LogP) is 2.00. The van der Waals surface area contributed by atoms with Crippen LogP contribution in [0.25, 0.3) is 0 Å². The second-order valence-corrected chi connectivity index (χ2v) is 6.40. The largest absolute Gasteiger partial charge is 0.467 e. The summed E-state index contributed by atoms with van der Waals surface area (Å²) in [4.78, 5) is 11.1. The number of sulfone groups is 1. The number of carbonyl (C=O) groups excluding carboxylic acids is 1. The first-order valence-corrected chi connectivity index (χ1v) is 8.10. The first kappa shape index (κ1) is 16.9. The molecule has 0 radical (unpaired) electrons. The Morgan fingerprint density at radius 1 is 1.17 bits per heavy atom. The molecule has 6 nitrogen and oxygen atoms in total. The van der Waals surface area contributed by atoms with E-state index < -0.39 is 26.4 Å². The summed E-state index contributed by atoms with van der Waals surface area (Å²) in [6.07, 6.45) is 1.46. The van der Waals surface area contributed by atoms with Crippen molar-refractivity contribution >= 4 is 21.4 Å². The number of hydrogen-bond acceptors (Lipinski definition) is 5. The van der Waals surface area contributed by atoms with Crippen LogP contribution < -0.4 is 10.6 Å². The molecule has 23 heavy (non-hydrogen) atoms. The number of nitrogens with one attached hydrogen (secondary N) is 2. The van der Waals surface area contributed by atoms with Crippen LogP contribution in [0.4, 0.5) is 14.5 Å². The van der Waals surface area contributed by atoms with Gasteiger partial charge in [0.25, 0.3) is 0 Å². The van der Waals surface area contributed by atoms with Crippen molar-refractivity contribution in [2.45, 2.75) is 17.2 Å². The van der Waals surface area contributed by atoms with E-state index >= 15 is 0 Å². The predicted molar refractivity (Wildman–Crippen MR) is 78.7 cm³/mol. The summed E-state index contributed by atoms with van der Waals surface area (Å²) < 4.78 is 53.5. The van der Waals surface area contributed by atoms with Gasteiger partial charge in [-0.15, -0.1) is 0 Å². The maximum atomic E-state index is 12.6. The topological polar surface area (TPSA) is 88.4 Å². The highest BCUT2D eigenvalue weighted by molar-refractivity contribution is 7.91. The molecule has 0 atom stereocenters. The Bertz CT molecular complexity index is 761. The van der Waals surface area contributed by atoms with Gasteiger partial charge >= 0.3 is 5.76 Å². The quantitative estimate of drug-likeness (QED) is 0.802. The maximum absolute atomic E-state index is 12.6. The van der Waals surface area contributed by atoms with Crippen LogP contribution in [0.2, 0.25) is 0 Å². The Balaban J connectivity index is 1.99. The summed E-state index contributed by atoms with van der Waals surface area (Å²) in [5, 5.41) is 5.09. The van der Waals surface area contributed by atoms with Gasteiger partial charge in [-0.1, -0.05) is 12.1 Å². The highest BCUT2D eigenvalue weighted by atomic mass is 32.2. The van der Waals surface area contributed by atoms with Crippen molar-refractivity contribution in [2.75, 3.05) is 11.9 Å². The molecule has 2 aromatic rings. The smallest absolute Gasteiger partial charge is 0.341 e. The maximum Gasteiger partial charge on any atom is 0.341 e. The number of benzene rings is 1. The lowest BCUT2D eigenvalue weighted by atomic mass is 10.3. The van der Waals surface area contributed by atoms with E-state index in [1.807, 2.05) is 0 Å². The van der Waals surface area contributed by atoms with Crippen molar-refractivity contribution < 1.29 is 26.4 Å². The molecule has 1 aromatic heterocycles. The van der Waals surface area contributed by atoms with Gasteiger partial charge in [-0.2, -0.15) is 8.78 Å². The lowest BCUT2D eigenvalue weighted by Crippen LogP contribution is -2.29. The fraction of sp³-hybridized carbons (Fsp3) is 0.214. The molecule has 0 fully saturated rings. The van der Waals surface area contributed by atoms with Crippen LogP contribution in [0, 0.1) is 0 Å². The minimum absolute atomic E-state index is 0.0547. The standard InChI is InChI=1S/C14H14F2N2O4S/c15-14(16)23(20,21)12-6-2-1-5-11(12)17-9-13(19)18-8-10-4-3-7-22-10/h1-7,14,17H,8-9H2,(H,18,19). The van der Waals surface area contributed by atoms with Gasteiger partial charge in [0.2, 0.25) is 15.7 Å². The molecule has 2 N–H and O–H groups in total. The molecule has 0 saturated heterocycles. The minimum Gasteiger partial charge on any atom is -0.467 e. The fourth-order valence-electron chi connectivity index (χ4n) is 1.79. The van der Waals surface area contributed by atoms with E-state index in [0.717, 1.165) is 6.07 Å². The van der Waals surface area contributed by atoms with Gasteiger partial charge in [-0.3, -0.25) is 4.79 Å². The van der Waals surface area contributed by atoms with E-state index in [2.05, 4.69) is 10.6 Å². The van der Waals surface area contributed by atoms with Crippen LogP contribution in [-0.4, -0.2) is 26.6 Å². The zero-order chi connectivity index (χ0) is 16.9. The van der Waals surface area contributed by atoms with Crippen molar-refractivity contribution in [3.8, 4) is 0 Å². The summed E-state index contributed by atoms with van der Waals surface area (Å²) in [7, 11) is -4.75. The molecule has 9 heteroatoms. The Kier molecular flexibility index (Phi) is 5.32. The lowest BCUT2D eigenvalue weighted by molar-refractivity contribution is -0.119. The van der Waals surface area contributed by atoms with Crippen LogP contribution in [-0.2, 0) is 21.2 Å². The highest BCUT2D eigenvalue weighted by Gasteiger charge is 2.29. The fourth-order valence-corrected chi connectivity index (χ4v) is 2.70. The number of furan rings is 1. The average molecular weight is 344 g/mol. The monoisotopic (exact) mass is 344 g/mol. The molecular weight excluding hydrogens is 330 g/mol. The summed E-state index contributed by atoms with van der Waals surface area (Å²) in [5.74, 6) is -3.41. The van der Waals surface area contributed by atoms with E-state index in [1.165, 1.54) is 24.5 Å². The zero-order valence-corrected chi connectivity index (χ0v) is 12.6. The number of anilines is 1. The van der Waals surface area contributed by atoms with Gasteiger partial charge in [0, 0.05) is 0 Å². The normalized spacial score (nSPS) is 11.4. The number of halogens is 2. The van der Waals surface area contributed by atoms with Gasteiger partial charge in [-0.05, 0) is 24.3 Å². The van der Waals surface area contributed by atoms with E-state index in [1.54, 1.807) is 12.1 Å². The van der Waals surface area contributed by atoms with Crippen LogP contribution in [0.1, 0.15) is 5.76 Å². The second-order valence-electron chi connectivity index (χ2n) is 4.51. The van der Waals surface area contributed by atoms with E-state index in [0.29, 0.717) is 5.76 Å². The average Bonchev–Trinajstić information content (AvgIpc) is 3.04. The third-order valence-corrected chi connectivity index (χ3v) is 4.35. The Labute approximate surface area is 131 Å². The number of carbonyl (C=O) groups is 1. The van der Waals surface area contributed by atoms with Gasteiger partial charge in [0.05, 0.1) is 29.9 Å². The van der Waals surface area contributed by atoms with Crippen LogP contribution in [0.3, 0.4) is 0 Å². The van der Waals surface area contributed by atoms with Crippen LogP contribution in [0.5, 0.6) is 0 Å². The summed E-state index contributed by atoms with van der Waals surface area (Å²) >= 11 is 0. The molecule has 0 aliphatic heterocycles. The van der Waals surface area contributed by atoms with Gasteiger partial charge in [-0.25, -0.2) is 8.42 Å². The van der Waals surface area contributed by atoms with Crippen LogP contribution >= 0.6 is 0 Å². The van der Waals surface area contributed by atoms with E-state index in [-0.39, 0.29) is 18.8 Å². The Morgan fingerprint density at radius 2 is 1.91 bits per heavy atom. The molecule has 124 valence electrons. The van der Waals surface area contributed by atoms with E-state index in [4.69, 9.17) is 4.42 Å². The van der Waals surface area contributed by atoms with Crippen LogP contribution in [0.15, 0.2) is 52.0 Å². The van der Waals surface area contributed by atoms with Crippen molar-refractivity contribution in [3.05, 3.63) is 48.4 Å². The summed E-state index contributed by atoms with van der Waals surface area (Å²) in [5.41, 5.74) is -0.0547. The van der Waals surface area contributed by atoms with Crippen molar-refractivity contribution in [1.82, 2.24) is 5.32 Å². The molecule has 1 heterocycles. The van der Waals surface area contributed by atoms with Gasteiger partial charge < -0.3 is 15.1 Å². The number of para-hydroxylation sites is 1. The first-order chi connectivity index (χ1) is 10.9. The summed E-state index contributed by atoms with van der Waals surface area (Å²) in [6, 6.07) is 8.54. The SMILES string of the molecule is O=C(CNc1ccccc1S(=O)(=O)C(F)F)NCc1ccco1. The van der Waals surface area contributed by atoms with Crippen molar-refractivity contribution in [2.24, 2.45) is 0 Å². The second kappa shape index (κ2) is 7.23. The third-order valence-electron chi connectivity index (χ3n) is 2.91. The molecule has 0 aliphatic rings. The minimum atomic E-state index is -4.75. The van der Waals surface area contributed by atoms with Gasteiger partial charge in [0.15, 0.2) is 0 Å². The molecule has 1 aromatic carbocycles. The highest BCUT2D eigenvalue weighted by Crippen LogP contribution is 2.25. The Morgan fingerprint density at radius 3 is 2.57 bits per heavy atom. The molecule has 0 bridgehead atoms. The molecular formula is C14H14F2N2O4S. The number of alkyl halides is 2. The summed E-state index contributed by atoms with van der Waals surface area (Å²) in [6.45, 7) is -0.0963. The molecule has 1 amide bonds. The third kappa shape index (κ3) is 4.28. The Hall–Kier alpha value is -2.42. The van der Waals surface area contributed by atoms with Crippen molar-refractivity contribution in [3.63, 3.8) is 0 Å². The lowest BCUT2D eigenvalue weighted by Gasteiger charge is -2.12. The first-order valence-electron chi connectivity index (χ1n) is 6.55. The number of amides is 1. The van der Waals surface area contributed by atoms with Crippen molar-refractivity contribution in [1.29, 1.82) is 0 Å². The van der Waals surface area contributed by atoms with Gasteiger partial charge in [0.1, 0.15) is 5.76 Å². The van der Waals surface area contributed by atoms with E-state index in [9.17, 15) is 22.0 Å². The number of rotatable bonds is 7. The molecule has 0 unspecified atom stereocenters. The number of hydrogen-bond donors (Lipinski definition) is 2.